The maximum Gasteiger partial charge on any atom is 0 e. The van der Waals surface area contributed by atoms with Crippen LogP contribution in [-0.2, 0) is 22.4 Å². The predicted octanol–water partition coefficient (Wildman–Crippen LogP) is 1.80. The molecule has 0 aliphatic carbocycles. The Morgan fingerprint density at radius 3 is 1.20 bits per heavy atom. The number of hydrogen-bond donors (Lipinski definition) is 0. The van der Waals surface area contributed by atoms with Crippen LogP contribution in [0, 0.1) is 0 Å². The first-order chi connectivity index (χ1) is 1.91. The average molecular weight is 151 g/mol. The summed E-state index contributed by atoms with van der Waals surface area (Å²) in [6.07, 6.45) is 2.64. The second kappa shape index (κ2) is 8.83. The second-order valence-corrected chi connectivity index (χ2v) is 1.000. The standard InChI is InChI=1S/C4H10.Nb/c1-3-4-2;/h3-4H2,1-2H3;. The van der Waals surface area contributed by atoms with Crippen LogP contribution in [0.3, 0.4) is 0 Å². The van der Waals surface area contributed by atoms with Crippen molar-refractivity contribution in [3.8, 4) is 0 Å². The van der Waals surface area contributed by atoms with E-state index < -0.39 is 0 Å². The van der Waals surface area contributed by atoms with Gasteiger partial charge in [-0.05, 0) is 0 Å². The van der Waals surface area contributed by atoms with Crippen LogP contribution in [0.15, 0.2) is 0 Å². The van der Waals surface area contributed by atoms with Crippen molar-refractivity contribution in [3.63, 3.8) is 0 Å². The van der Waals surface area contributed by atoms with E-state index in [0.29, 0.717) is 0 Å². The molecule has 0 fully saturated rings. The molecule has 0 unspecified atom stereocenters. The zero-order chi connectivity index (χ0) is 3.41. The Kier molecular flexibility index (Phi) is 16.3. The van der Waals surface area contributed by atoms with Crippen LogP contribution in [0.1, 0.15) is 26.7 Å². The number of rotatable bonds is 1. The van der Waals surface area contributed by atoms with Crippen LogP contribution in [0.25, 0.3) is 0 Å². The van der Waals surface area contributed by atoms with Crippen molar-refractivity contribution in [1.82, 2.24) is 0 Å². The summed E-state index contributed by atoms with van der Waals surface area (Å²) in [7, 11) is 0. The monoisotopic (exact) mass is 151 g/mol. The van der Waals surface area contributed by atoms with E-state index in [9.17, 15) is 0 Å². The average Bonchev–Trinajstić information content (AvgIpc) is 1.37. The zero-order valence-electron chi connectivity index (χ0n) is 3.86. The van der Waals surface area contributed by atoms with E-state index >= 15 is 0 Å². The molecule has 0 amide bonds. The van der Waals surface area contributed by atoms with Crippen molar-refractivity contribution in [2.75, 3.05) is 0 Å². The van der Waals surface area contributed by atoms with Crippen LogP contribution in [0.2, 0.25) is 0 Å². The van der Waals surface area contributed by atoms with Gasteiger partial charge in [-0.1, -0.05) is 26.7 Å². The Bertz CT molecular complexity index is 5.61. The first-order valence-electron chi connectivity index (χ1n) is 1.91. The molecule has 0 aliphatic heterocycles. The first-order valence-corrected chi connectivity index (χ1v) is 1.91. The number of unbranched alkanes of at least 4 members (excludes halogenated alkanes) is 1. The second-order valence-electron chi connectivity index (χ2n) is 1.000. The van der Waals surface area contributed by atoms with Gasteiger partial charge in [0.05, 0.1) is 0 Å². The Balaban J connectivity index is 0. The molecule has 5 heavy (non-hydrogen) atoms. The minimum absolute atomic E-state index is 0. The van der Waals surface area contributed by atoms with Gasteiger partial charge >= 0.3 is 0 Å². The SMILES string of the molecule is CCCC.[Nb]. The Labute approximate surface area is 49.5 Å². The summed E-state index contributed by atoms with van der Waals surface area (Å²) in [6, 6.07) is 0. The van der Waals surface area contributed by atoms with E-state index in [4.69, 9.17) is 0 Å². The molecule has 0 aliphatic rings. The summed E-state index contributed by atoms with van der Waals surface area (Å²) in [5, 5.41) is 0. The van der Waals surface area contributed by atoms with E-state index in [2.05, 4.69) is 13.8 Å². The smallest absolute Gasteiger partial charge is 0 e. The van der Waals surface area contributed by atoms with Gasteiger partial charge in [0.15, 0.2) is 0 Å². The van der Waals surface area contributed by atoms with Gasteiger partial charge in [0.1, 0.15) is 0 Å². The van der Waals surface area contributed by atoms with Crippen LogP contribution in [0.5, 0.6) is 0 Å². The maximum absolute atomic E-state index is 2.18. The van der Waals surface area contributed by atoms with E-state index in [1.54, 1.807) is 0 Å². The maximum atomic E-state index is 2.18. The molecule has 0 saturated carbocycles. The molecule has 31 valence electrons. The zero-order valence-corrected chi connectivity index (χ0v) is 6.06. The Morgan fingerprint density at radius 1 is 1.00 bits per heavy atom. The largest absolute Gasteiger partial charge is 0.0654 e. The summed E-state index contributed by atoms with van der Waals surface area (Å²) in [5.41, 5.74) is 0. The molecule has 0 bridgehead atoms. The van der Waals surface area contributed by atoms with E-state index in [1.165, 1.54) is 12.8 Å². The van der Waals surface area contributed by atoms with Gasteiger partial charge < -0.3 is 0 Å². The topological polar surface area (TPSA) is 0 Å². The molecule has 0 aromatic carbocycles. The molecule has 0 N–H and O–H groups in total. The van der Waals surface area contributed by atoms with Crippen molar-refractivity contribution in [3.05, 3.63) is 0 Å². The van der Waals surface area contributed by atoms with Gasteiger partial charge in [-0.3, -0.25) is 0 Å². The third kappa shape index (κ3) is 11.8. The van der Waals surface area contributed by atoms with Crippen molar-refractivity contribution in [1.29, 1.82) is 0 Å². The minimum atomic E-state index is 0. The first kappa shape index (κ1) is 9.22. The predicted molar refractivity (Wildman–Crippen MR) is 20.6 cm³/mol. The molecular formula is C4H10Nb. The normalized spacial score (nSPS) is 6.00. The van der Waals surface area contributed by atoms with E-state index in [-0.39, 0.29) is 22.4 Å². The summed E-state index contributed by atoms with van der Waals surface area (Å²) in [4.78, 5) is 0. The van der Waals surface area contributed by atoms with Crippen LogP contribution in [-0.4, -0.2) is 0 Å². The molecule has 1 radical (unpaired) electrons. The number of hydrogen-bond acceptors (Lipinski definition) is 0. The molecule has 0 aromatic rings. The van der Waals surface area contributed by atoms with E-state index in [1.807, 2.05) is 0 Å². The molecule has 0 nitrogen and oxygen atoms in total. The fourth-order valence-electron chi connectivity index (χ4n) is 0. The molecule has 0 heterocycles. The molecule has 1 heteroatoms. The van der Waals surface area contributed by atoms with Crippen molar-refractivity contribution in [2.45, 2.75) is 26.7 Å². The summed E-state index contributed by atoms with van der Waals surface area (Å²) in [6.45, 7) is 4.36. The summed E-state index contributed by atoms with van der Waals surface area (Å²) in [5.74, 6) is 0. The van der Waals surface area contributed by atoms with Crippen LogP contribution < -0.4 is 0 Å². The van der Waals surface area contributed by atoms with Crippen molar-refractivity contribution < 1.29 is 22.4 Å². The van der Waals surface area contributed by atoms with Crippen molar-refractivity contribution in [2.24, 2.45) is 0 Å². The third-order valence-corrected chi connectivity index (χ3v) is 0.500. The Hall–Kier alpha value is 0.740. The minimum Gasteiger partial charge on any atom is -0.0654 e. The molecule has 0 rings (SSSR count). The van der Waals surface area contributed by atoms with Crippen LogP contribution >= 0.6 is 0 Å². The third-order valence-electron chi connectivity index (χ3n) is 0.500. The quantitative estimate of drug-likeness (QED) is 0.501. The molecule has 0 atom stereocenters. The fraction of sp³-hybridized carbons (Fsp3) is 1.00. The summed E-state index contributed by atoms with van der Waals surface area (Å²) >= 11 is 0. The van der Waals surface area contributed by atoms with Gasteiger partial charge in [-0.15, -0.1) is 0 Å². The van der Waals surface area contributed by atoms with Gasteiger partial charge in [0, 0.05) is 22.4 Å². The van der Waals surface area contributed by atoms with Crippen LogP contribution in [0.4, 0.5) is 0 Å². The van der Waals surface area contributed by atoms with Gasteiger partial charge in [0.2, 0.25) is 0 Å². The molecule has 0 saturated heterocycles. The Morgan fingerprint density at radius 2 is 1.20 bits per heavy atom. The molecular weight excluding hydrogens is 141 g/mol. The van der Waals surface area contributed by atoms with Gasteiger partial charge in [0.25, 0.3) is 0 Å². The van der Waals surface area contributed by atoms with Gasteiger partial charge in [-0.2, -0.15) is 0 Å². The summed E-state index contributed by atoms with van der Waals surface area (Å²) < 4.78 is 0. The van der Waals surface area contributed by atoms with Gasteiger partial charge in [-0.25, -0.2) is 0 Å². The van der Waals surface area contributed by atoms with E-state index in [0.717, 1.165) is 0 Å². The molecule has 0 spiro atoms. The fourth-order valence-corrected chi connectivity index (χ4v) is 0. The van der Waals surface area contributed by atoms with Crippen molar-refractivity contribution >= 4 is 0 Å². The molecule has 0 aromatic heterocycles.